The van der Waals surface area contributed by atoms with E-state index in [2.05, 4.69) is 180 Å². The molecule has 0 bridgehead atoms. The molecular formula is C52H33N3. The van der Waals surface area contributed by atoms with E-state index in [4.69, 9.17) is 9.97 Å². The number of nitrogens with zero attached hydrogens (tertiary/aromatic N) is 3. The molecule has 0 saturated heterocycles. The topological polar surface area (TPSA) is 30.7 Å². The first-order valence-electron chi connectivity index (χ1n) is 18.7. The molecule has 0 aliphatic rings. The van der Waals surface area contributed by atoms with Crippen molar-refractivity contribution in [3.8, 4) is 50.7 Å². The molecule has 0 N–H and O–H groups in total. The molecule has 0 radical (unpaired) electrons. The van der Waals surface area contributed by atoms with Gasteiger partial charge in [0.05, 0.1) is 22.4 Å². The van der Waals surface area contributed by atoms with Crippen LogP contribution in [0.5, 0.6) is 0 Å². The molecule has 0 saturated carbocycles. The minimum Gasteiger partial charge on any atom is -0.309 e. The maximum atomic E-state index is 5.17. The predicted octanol–water partition coefficient (Wildman–Crippen LogP) is 13.7. The summed E-state index contributed by atoms with van der Waals surface area (Å²) in [6.07, 6.45) is 0. The first kappa shape index (κ1) is 31.2. The van der Waals surface area contributed by atoms with E-state index in [-0.39, 0.29) is 0 Å². The molecule has 3 nitrogen and oxygen atoms in total. The standard InChI is InChI=1S/C52H33N3/c1-3-15-37(16-4-1)46-33-47(54-52(53-46)38-17-5-2-6-18-38)45-30-29-40(43-21-11-12-22-44(43)45)36-23-27-39(28-24-36)55-48-31-25-34-13-7-9-19-41(34)50(48)51-42-20-10-8-14-35(42)26-32-49(51)55/h1-33H. The Bertz CT molecular complexity index is 3080. The van der Waals surface area contributed by atoms with E-state index in [9.17, 15) is 0 Å². The van der Waals surface area contributed by atoms with Gasteiger partial charge in [-0.05, 0) is 73.8 Å². The summed E-state index contributed by atoms with van der Waals surface area (Å²) >= 11 is 0. The Balaban J connectivity index is 1.06. The molecule has 0 aliphatic heterocycles. The zero-order valence-electron chi connectivity index (χ0n) is 29.9. The van der Waals surface area contributed by atoms with E-state index in [0.29, 0.717) is 5.82 Å². The van der Waals surface area contributed by atoms with E-state index < -0.39 is 0 Å². The van der Waals surface area contributed by atoms with Gasteiger partial charge in [-0.15, -0.1) is 0 Å². The van der Waals surface area contributed by atoms with Crippen molar-refractivity contribution in [1.29, 1.82) is 0 Å². The molecule has 0 unspecified atom stereocenters. The molecule has 2 aromatic heterocycles. The third-order valence-corrected chi connectivity index (χ3v) is 11.0. The summed E-state index contributed by atoms with van der Waals surface area (Å²) in [5.74, 6) is 0.715. The average Bonchev–Trinajstić information content (AvgIpc) is 3.62. The minimum absolute atomic E-state index is 0.715. The van der Waals surface area contributed by atoms with Crippen LogP contribution in [0.2, 0.25) is 0 Å². The molecule has 0 atom stereocenters. The average molecular weight is 700 g/mol. The maximum absolute atomic E-state index is 5.17. The molecule has 256 valence electrons. The summed E-state index contributed by atoms with van der Waals surface area (Å²) in [5.41, 5.74) is 10.9. The van der Waals surface area contributed by atoms with E-state index in [0.717, 1.165) is 39.2 Å². The Morgan fingerprint density at radius 3 is 1.44 bits per heavy atom. The van der Waals surface area contributed by atoms with E-state index >= 15 is 0 Å². The first-order chi connectivity index (χ1) is 27.3. The number of fused-ring (bicyclic) bond motifs is 8. The normalized spacial score (nSPS) is 11.6. The lowest BCUT2D eigenvalue weighted by Gasteiger charge is -2.14. The fourth-order valence-corrected chi connectivity index (χ4v) is 8.45. The van der Waals surface area contributed by atoms with Gasteiger partial charge in [0.1, 0.15) is 0 Å². The van der Waals surface area contributed by atoms with Gasteiger partial charge in [0.25, 0.3) is 0 Å². The Kier molecular flexibility index (Phi) is 7.17. The molecule has 0 spiro atoms. The van der Waals surface area contributed by atoms with Crippen LogP contribution in [0, 0.1) is 0 Å². The zero-order valence-corrected chi connectivity index (χ0v) is 29.9. The van der Waals surface area contributed by atoms with Gasteiger partial charge in [-0.25, -0.2) is 9.97 Å². The smallest absolute Gasteiger partial charge is 0.160 e. The second kappa shape index (κ2) is 12.6. The lowest BCUT2D eigenvalue weighted by Crippen LogP contribution is -1.97. The number of aromatic nitrogens is 3. The molecule has 55 heavy (non-hydrogen) atoms. The summed E-state index contributed by atoms with van der Waals surface area (Å²) in [7, 11) is 0. The van der Waals surface area contributed by atoms with Crippen LogP contribution < -0.4 is 0 Å². The van der Waals surface area contributed by atoms with Crippen LogP contribution in [-0.2, 0) is 0 Å². The molecule has 3 heteroatoms. The Morgan fingerprint density at radius 2 is 0.818 bits per heavy atom. The van der Waals surface area contributed by atoms with Crippen molar-refractivity contribution in [2.75, 3.05) is 0 Å². The van der Waals surface area contributed by atoms with Crippen molar-refractivity contribution < 1.29 is 0 Å². The molecular weight excluding hydrogens is 667 g/mol. The van der Waals surface area contributed by atoms with E-state index in [1.54, 1.807) is 0 Å². The minimum atomic E-state index is 0.715. The maximum Gasteiger partial charge on any atom is 0.160 e. The summed E-state index contributed by atoms with van der Waals surface area (Å²) < 4.78 is 2.43. The van der Waals surface area contributed by atoms with Crippen molar-refractivity contribution in [3.63, 3.8) is 0 Å². The van der Waals surface area contributed by atoms with Crippen molar-refractivity contribution in [1.82, 2.24) is 14.5 Å². The van der Waals surface area contributed by atoms with Gasteiger partial charge in [-0.1, -0.05) is 170 Å². The predicted molar refractivity (Wildman–Crippen MR) is 231 cm³/mol. The number of rotatable bonds is 5. The van der Waals surface area contributed by atoms with Gasteiger partial charge < -0.3 is 4.57 Å². The van der Waals surface area contributed by atoms with Gasteiger partial charge in [-0.2, -0.15) is 0 Å². The van der Waals surface area contributed by atoms with Crippen LogP contribution in [-0.4, -0.2) is 14.5 Å². The number of hydrogen-bond donors (Lipinski definition) is 0. The molecule has 0 aliphatic carbocycles. The monoisotopic (exact) mass is 699 g/mol. The third kappa shape index (κ3) is 5.13. The number of hydrogen-bond acceptors (Lipinski definition) is 2. The first-order valence-corrected chi connectivity index (χ1v) is 18.7. The van der Waals surface area contributed by atoms with E-state index in [1.807, 2.05) is 24.3 Å². The Hall–Kier alpha value is -7.36. The van der Waals surface area contributed by atoms with Crippen LogP contribution in [0.15, 0.2) is 200 Å². The second-order valence-electron chi connectivity index (χ2n) is 14.1. The summed E-state index contributed by atoms with van der Waals surface area (Å²) in [5, 5.41) is 9.99. The van der Waals surface area contributed by atoms with Gasteiger partial charge in [-0.3, -0.25) is 0 Å². The Morgan fingerprint density at radius 1 is 0.327 bits per heavy atom. The third-order valence-electron chi connectivity index (χ3n) is 11.0. The highest BCUT2D eigenvalue weighted by atomic mass is 15.0. The lowest BCUT2D eigenvalue weighted by molar-refractivity contribution is 1.18. The van der Waals surface area contributed by atoms with Crippen molar-refractivity contribution >= 4 is 54.1 Å². The fraction of sp³-hybridized carbons (Fsp3) is 0. The quantitative estimate of drug-likeness (QED) is 0.179. The van der Waals surface area contributed by atoms with Gasteiger partial charge >= 0.3 is 0 Å². The highest BCUT2D eigenvalue weighted by Crippen LogP contribution is 2.42. The fourth-order valence-electron chi connectivity index (χ4n) is 8.45. The summed E-state index contributed by atoms with van der Waals surface area (Å²) in [6, 6.07) is 71.5. The van der Waals surface area contributed by atoms with Crippen molar-refractivity contribution in [2.24, 2.45) is 0 Å². The summed E-state index contributed by atoms with van der Waals surface area (Å²) in [6.45, 7) is 0. The number of benzene rings is 9. The van der Waals surface area contributed by atoms with E-state index in [1.165, 1.54) is 59.9 Å². The van der Waals surface area contributed by atoms with Crippen LogP contribution in [0.4, 0.5) is 0 Å². The largest absolute Gasteiger partial charge is 0.309 e. The Labute approximate surface area is 318 Å². The van der Waals surface area contributed by atoms with Crippen molar-refractivity contribution in [3.05, 3.63) is 200 Å². The van der Waals surface area contributed by atoms with Crippen LogP contribution in [0.25, 0.3) is 105 Å². The molecule has 2 heterocycles. The van der Waals surface area contributed by atoms with Gasteiger partial charge in [0.2, 0.25) is 0 Å². The van der Waals surface area contributed by atoms with Gasteiger partial charge in [0, 0.05) is 33.2 Å². The van der Waals surface area contributed by atoms with Crippen LogP contribution >= 0.6 is 0 Å². The molecule has 9 aromatic carbocycles. The highest BCUT2D eigenvalue weighted by molar-refractivity contribution is 6.28. The molecule has 11 aromatic rings. The van der Waals surface area contributed by atoms with Crippen LogP contribution in [0.3, 0.4) is 0 Å². The van der Waals surface area contributed by atoms with Gasteiger partial charge in [0.15, 0.2) is 5.82 Å². The second-order valence-corrected chi connectivity index (χ2v) is 14.1. The molecule has 0 fully saturated rings. The zero-order chi connectivity index (χ0) is 36.3. The van der Waals surface area contributed by atoms with Crippen LogP contribution in [0.1, 0.15) is 0 Å². The highest BCUT2D eigenvalue weighted by Gasteiger charge is 2.18. The summed E-state index contributed by atoms with van der Waals surface area (Å²) in [4.78, 5) is 10.2. The van der Waals surface area contributed by atoms with Crippen molar-refractivity contribution in [2.45, 2.75) is 0 Å². The lowest BCUT2D eigenvalue weighted by atomic mass is 9.93. The molecule has 11 rings (SSSR count). The molecule has 0 amide bonds. The SMILES string of the molecule is c1ccc(-c2cc(-c3ccc(-c4ccc(-n5c6ccc7ccccc7c6c6c7ccccc7ccc65)cc4)c4ccccc34)nc(-c3ccccc3)n2)cc1.